The number of carbonyl (C=O) groups excluding carboxylic acids is 1. The maximum atomic E-state index is 12.2. The van der Waals surface area contributed by atoms with Crippen molar-refractivity contribution in [1.82, 2.24) is 9.29 Å². The van der Waals surface area contributed by atoms with E-state index in [9.17, 15) is 18.0 Å². The molecule has 19 heavy (non-hydrogen) atoms. The van der Waals surface area contributed by atoms with Crippen LogP contribution in [0.2, 0.25) is 5.02 Å². The first-order valence-corrected chi connectivity index (χ1v) is 7.10. The Morgan fingerprint density at radius 1 is 1.53 bits per heavy atom. The van der Waals surface area contributed by atoms with Gasteiger partial charge >= 0.3 is 5.97 Å². The number of H-pyrrole nitrogens is 1. The Balaban J connectivity index is 3.16. The molecule has 106 valence electrons. The third-order valence-electron chi connectivity index (χ3n) is 2.36. The fourth-order valence-electron chi connectivity index (χ4n) is 1.31. The van der Waals surface area contributed by atoms with E-state index in [-0.39, 0.29) is 16.5 Å². The number of nitrogens with zero attached hydrogens (tertiary/aromatic N) is 1. The van der Waals surface area contributed by atoms with Gasteiger partial charge in [0, 0.05) is 12.7 Å². The first kappa shape index (κ1) is 15.7. The SMILES string of the molecule is CCN(CC(=O)OC)S(=O)(=O)c1c[nH]c(=O)c(Cl)c1. The van der Waals surface area contributed by atoms with E-state index in [0.717, 1.165) is 16.6 Å². The van der Waals surface area contributed by atoms with Gasteiger partial charge in [0.05, 0.1) is 12.0 Å². The van der Waals surface area contributed by atoms with E-state index in [4.69, 9.17) is 11.6 Å². The minimum absolute atomic E-state index is 0.0776. The summed E-state index contributed by atoms with van der Waals surface area (Å²) in [7, 11) is -2.75. The van der Waals surface area contributed by atoms with Crippen molar-refractivity contribution >= 4 is 27.6 Å². The van der Waals surface area contributed by atoms with Crippen LogP contribution in [0, 0.1) is 0 Å². The zero-order chi connectivity index (χ0) is 14.6. The molecule has 7 nitrogen and oxygen atoms in total. The molecule has 1 aromatic rings. The molecule has 1 aromatic heterocycles. The van der Waals surface area contributed by atoms with Crippen LogP contribution in [0.25, 0.3) is 0 Å². The number of esters is 1. The summed E-state index contributed by atoms with van der Waals surface area (Å²) in [4.78, 5) is 24.3. The lowest BCUT2D eigenvalue weighted by atomic mass is 10.5. The zero-order valence-corrected chi connectivity index (χ0v) is 11.9. The number of likely N-dealkylation sites (N-methyl/N-ethyl adjacent to an activating group) is 1. The van der Waals surface area contributed by atoms with Crippen LogP contribution in [0.4, 0.5) is 0 Å². The van der Waals surface area contributed by atoms with Crippen LogP contribution in [0.1, 0.15) is 6.92 Å². The predicted molar refractivity (Wildman–Crippen MR) is 68.5 cm³/mol. The second-order valence-electron chi connectivity index (χ2n) is 3.52. The minimum atomic E-state index is -3.92. The van der Waals surface area contributed by atoms with Gasteiger partial charge < -0.3 is 9.72 Å². The van der Waals surface area contributed by atoms with E-state index >= 15 is 0 Å². The predicted octanol–water partition coefficient (Wildman–Crippen LogP) is 0.212. The molecular formula is C10H13ClN2O5S. The molecule has 0 atom stereocenters. The number of hydrogen-bond acceptors (Lipinski definition) is 5. The topological polar surface area (TPSA) is 96.5 Å². The summed E-state index contributed by atoms with van der Waals surface area (Å²) in [5.41, 5.74) is -0.586. The lowest BCUT2D eigenvalue weighted by molar-refractivity contribution is -0.140. The number of aromatic amines is 1. The van der Waals surface area contributed by atoms with Gasteiger partial charge in [-0.15, -0.1) is 0 Å². The van der Waals surface area contributed by atoms with Crippen molar-refractivity contribution in [1.29, 1.82) is 0 Å². The molecule has 0 radical (unpaired) electrons. The quantitative estimate of drug-likeness (QED) is 0.784. The minimum Gasteiger partial charge on any atom is -0.468 e. The summed E-state index contributed by atoms with van der Waals surface area (Å²) in [6.07, 6.45) is 1.03. The monoisotopic (exact) mass is 308 g/mol. The number of halogens is 1. The van der Waals surface area contributed by atoms with Crippen molar-refractivity contribution in [3.63, 3.8) is 0 Å². The molecule has 0 amide bonds. The number of ether oxygens (including phenoxy) is 1. The summed E-state index contributed by atoms with van der Waals surface area (Å²) in [6, 6.07) is 1.04. The number of pyridine rings is 1. The van der Waals surface area contributed by atoms with Crippen LogP contribution in [0.3, 0.4) is 0 Å². The highest BCUT2D eigenvalue weighted by molar-refractivity contribution is 7.89. The maximum Gasteiger partial charge on any atom is 0.321 e. The zero-order valence-electron chi connectivity index (χ0n) is 10.3. The largest absolute Gasteiger partial charge is 0.468 e. The fraction of sp³-hybridized carbons (Fsp3) is 0.400. The molecule has 0 aliphatic heterocycles. The lowest BCUT2D eigenvalue weighted by Gasteiger charge is -2.18. The van der Waals surface area contributed by atoms with Crippen molar-refractivity contribution in [2.45, 2.75) is 11.8 Å². The van der Waals surface area contributed by atoms with Gasteiger partial charge in [-0.1, -0.05) is 18.5 Å². The molecular weight excluding hydrogens is 296 g/mol. The lowest BCUT2D eigenvalue weighted by Crippen LogP contribution is -2.36. The smallest absolute Gasteiger partial charge is 0.321 e. The molecule has 0 saturated carbocycles. The van der Waals surface area contributed by atoms with Crippen molar-refractivity contribution in [2.75, 3.05) is 20.2 Å². The number of rotatable bonds is 5. The second-order valence-corrected chi connectivity index (χ2v) is 5.86. The first-order chi connectivity index (χ1) is 8.82. The highest BCUT2D eigenvalue weighted by Gasteiger charge is 2.26. The van der Waals surface area contributed by atoms with E-state index in [0.29, 0.717) is 0 Å². The number of nitrogens with one attached hydrogen (secondary N) is 1. The van der Waals surface area contributed by atoms with Crippen LogP contribution in [0.15, 0.2) is 22.0 Å². The van der Waals surface area contributed by atoms with Crippen LogP contribution in [0.5, 0.6) is 0 Å². The number of carbonyl (C=O) groups is 1. The molecule has 9 heteroatoms. The van der Waals surface area contributed by atoms with Crippen molar-refractivity contribution < 1.29 is 17.9 Å². The van der Waals surface area contributed by atoms with Gasteiger partial charge in [0.2, 0.25) is 10.0 Å². The molecule has 0 aliphatic carbocycles. The van der Waals surface area contributed by atoms with Crippen LogP contribution >= 0.6 is 11.6 Å². The number of methoxy groups -OCH3 is 1. The van der Waals surface area contributed by atoms with Crippen LogP contribution < -0.4 is 5.56 Å². The highest BCUT2D eigenvalue weighted by Crippen LogP contribution is 2.16. The van der Waals surface area contributed by atoms with E-state index in [1.165, 1.54) is 7.11 Å². The van der Waals surface area contributed by atoms with E-state index in [1.807, 2.05) is 0 Å². The normalized spacial score (nSPS) is 11.6. The molecule has 0 aliphatic rings. The molecule has 0 bridgehead atoms. The van der Waals surface area contributed by atoms with Crippen molar-refractivity contribution in [3.8, 4) is 0 Å². The fourth-order valence-corrected chi connectivity index (χ4v) is 2.94. The Labute approximate surface area is 115 Å². The van der Waals surface area contributed by atoms with Gasteiger partial charge in [0.1, 0.15) is 11.6 Å². The van der Waals surface area contributed by atoms with Gasteiger partial charge in [-0.3, -0.25) is 9.59 Å². The number of aromatic nitrogens is 1. The summed E-state index contributed by atoms with van der Waals surface area (Å²) >= 11 is 5.58. The average molecular weight is 309 g/mol. The molecule has 0 spiro atoms. The van der Waals surface area contributed by atoms with E-state index < -0.39 is 28.1 Å². The molecule has 0 fully saturated rings. The third kappa shape index (κ3) is 3.55. The molecule has 1 N–H and O–H groups in total. The second kappa shape index (κ2) is 6.18. The Hall–Kier alpha value is -1.38. The van der Waals surface area contributed by atoms with E-state index in [2.05, 4.69) is 9.72 Å². The van der Waals surface area contributed by atoms with Gasteiger partial charge in [0.15, 0.2) is 0 Å². The van der Waals surface area contributed by atoms with Gasteiger partial charge in [-0.05, 0) is 6.07 Å². The highest BCUT2D eigenvalue weighted by atomic mass is 35.5. The summed E-state index contributed by atoms with van der Waals surface area (Å²) < 4.78 is 29.8. The standard InChI is InChI=1S/C10H13ClN2O5S/c1-3-13(6-9(14)18-2)19(16,17)7-4-8(11)10(15)12-5-7/h4-5H,3,6H2,1-2H3,(H,12,15). The summed E-state index contributed by atoms with van der Waals surface area (Å²) in [6.45, 7) is 1.24. The summed E-state index contributed by atoms with van der Waals surface area (Å²) in [5, 5.41) is -0.241. The molecule has 1 heterocycles. The molecule has 1 rings (SSSR count). The molecule has 0 aromatic carbocycles. The van der Waals surface area contributed by atoms with Crippen LogP contribution in [-0.2, 0) is 19.6 Å². The summed E-state index contributed by atoms with van der Waals surface area (Å²) in [5.74, 6) is -0.680. The van der Waals surface area contributed by atoms with Gasteiger partial charge in [-0.2, -0.15) is 4.31 Å². The van der Waals surface area contributed by atoms with Gasteiger partial charge in [0.25, 0.3) is 5.56 Å². The van der Waals surface area contributed by atoms with Crippen molar-refractivity contribution in [2.24, 2.45) is 0 Å². The Morgan fingerprint density at radius 2 is 2.16 bits per heavy atom. The van der Waals surface area contributed by atoms with Crippen LogP contribution in [-0.4, -0.2) is 43.9 Å². The first-order valence-electron chi connectivity index (χ1n) is 5.28. The van der Waals surface area contributed by atoms with Gasteiger partial charge in [-0.25, -0.2) is 8.42 Å². The Morgan fingerprint density at radius 3 is 2.63 bits per heavy atom. The Kier molecular flexibility index (Phi) is 5.10. The molecule has 0 saturated heterocycles. The third-order valence-corrected chi connectivity index (χ3v) is 4.53. The van der Waals surface area contributed by atoms with Crippen molar-refractivity contribution in [3.05, 3.63) is 27.6 Å². The van der Waals surface area contributed by atoms with E-state index in [1.54, 1.807) is 6.92 Å². The number of sulfonamides is 1. The maximum absolute atomic E-state index is 12.2. The Bertz CT molecular complexity index is 625. The average Bonchev–Trinajstić information content (AvgIpc) is 2.38. The molecule has 0 unspecified atom stereocenters. The number of hydrogen-bond donors (Lipinski definition) is 1.